The summed E-state index contributed by atoms with van der Waals surface area (Å²) in [4.78, 5) is 14.9. The van der Waals surface area contributed by atoms with E-state index in [0.29, 0.717) is 17.1 Å². The van der Waals surface area contributed by atoms with E-state index >= 15 is 0 Å². The van der Waals surface area contributed by atoms with Crippen LogP contribution in [0, 0.1) is 0 Å². The van der Waals surface area contributed by atoms with Gasteiger partial charge < -0.3 is 14.8 Å². The molecule has 5 heteroatoms. The number of nitrogens with zero attached hydrogens (tertiary/aromatic N) is 1. The van der Waals surface area contributed by atoms with Crippen LogP contribution in [0.4, 0.5) is 0 Å². The van der Waals surface area contributed by atoms with Crippen molar-refractivity contribution < 1.29 is 14.3 Å². The summed E-state index contributed by atoms with van der Waals surface area (Å²) < 4.78 is 10.5. The zero-order valence-electron chi connectivity index (χ0n) is 14.7. The van der Waals surface area contributed by atoms with E-state index in [1.807, 2.05) is 6.07 Å². The molecular weight excluding hydrogens is 316 g/mol. The molecule has 0 bridgehead atoms. The molecule has 1 unspecified atom stereocenters. The summed E-state index contributed by atoms with van der Waals surface area (Å²) in [6.07, 6.45) is 0.958. The monoisotopic (exact) mass is 340 g/mol. The normalized spacial score (nSPS) is 17.3. The number of rotatable bonds is 6. The number of carbonyl (C=O) groups is 1. The van der Waals surface area contributed by atoms with E-state index in [9.17, 15) is 4.79 Å². The number of benzene rings is 2. The summed E-state index contributed by atoms with van der Waals surface area (Å²) >= 11 is 0. The van der Waals surface area contributed by atoms with Gasteiger partial charge in [-0.1, -0.05) is 30.3 Å². The Balaban J connectivity index is 1.59. The van der Waals surface area contributed by atoms with Crippen molar-refractivity contribution >= 4 is 5.91 Å². The number of nitrogens with one attached hydrogen (secondary N) is 1. The molecule has 0 aliphatic carbocycles. The maximum absolute atomic E-state index is 12.6. The fourth-order valence-corrected chi connectivity index (χ4v) is 3.14. The second-order valence-corrected chi connectivity index (χ2v) is 6.28. The first kappa shape index (κ1) is 17.3. The zero-order chi connectivity index (χ0) is 17.6. The molecular formula is C20H24N2O3. The molecule has 0 spiro atoms. The lowest BCUT2D eigenvalue weighted by atomic mass is 10.1. The molecule has 1 atom stereocenters. The van der Waals surface area contributed by atoms with Crippen molar-refractivity contribution in [3.8, 4) is 11.5 Å². The van der Waals surface area contributed by atoms with E-state index in [1.165, 1.54) is 5.56 Å². The number of methoxy groups -OCH3 is 2. The van der Waals surface area contributed by atoms with Crippen molar-refractivity contribution in [3.63, 3.8) is 0 Å². The SMILES string of the molecule is COc1cc(OC)cc(C(=O)NC2CCN(Cc3ccccc3)C2)c1. The van der Waals surface area contributed by atoms with Gasteiger partial charge in [-0.2, -0.15) is 0 Å². The Hall–Kier alpha value is -2.53. The maximum Gasteiger partial charge on any atom is 0.251 e. The summed E-state index contributed by atoms with van der Waals surface area (Å²) in [6, 6.07) is 15.8. The largest absolute Gasteiger partial charge is 0.497 e. The maximum atomic E-state index is 12.6. The molecule has 1 aliphatic rings. The Bertz CT molecular complexity index is 696. The first-order chi connectivity index (χ1) is 12.2. The molecule has 0 radical (unpaired) electrons. The summed E-state index contributed by atoms with van der Waals surface area (Å²) in [5.74, 6) is 1.13. The van der Waals surface area contributed by atoms with Gasteiger partial charge in [-0.05, 0) is 24.1 Å². The third-order valence-corrected chi connectivity index (χ3v) is 4.47. The van der Waals surface area contributed by atoms with Crippen molar-refractivity contribution in [3.05, 3.63) is 59.7 Å². The first-order valence-corrected chi connectivity index (χ1v) is 8.48. The Morgan fingerprint density at radius 3 is 2.44 bits per heavy atom. The Morgan fingerprint density at radius 1 is 1.12 bits per heavy atom. The van der Waals surface area contributed by atoms with Gasteiger partial charge in [0.15, 0.2) is 0 Å². The number of likely N-dealkylation sites (tertiary alicyclic amines) is 1. The highest BCUT2D eigenvalue weighted by molar-refractivity contribution is 5.95. The summed E-state index contributed by atoms with van der Waals surface area (Å²) in [6.45, 7) is 2.77. The van der Waals surface area contributed by atoms with E-state index < -0.39 is 0 Å². The highest BCUT2D eigenvalue weighted by Crippen LogP contribution is 2.23. The van der Waals surface area contributed by atoms with Crippen LogP contribution in [0.15, 0.2) is 48.5 Å². The van der Waals surface area contributed by atoms with Crippen LogP contribution < -0.4 is 14.8 Å². The topological polar surface area (TPSA) is 50.8 Å². The summed E-state index contributed by atoms with van der Waals surface area (Å²) in [5, 5.41) is 3.12. The average Bonchev–Trinajstić information content (AvgIpc) is 3.08. The van der Waals surface area contributed by atoms with Gasteiger partial charge in [0, 0.05) is 37.3 Å². The lowest BCUT2D eigenvalue weighted by Crippen LogP contribution is -2.37. The number of hydrogen-bond donors (Lipinski definition) is 1. The van der Waals surface area contributed by atoms with Gasteiger partial charge in [0.25, 0.3) is 5.91 Å². The van der Waals surface area contributed by atoms with Crippen LogP contribution in [0.25, 0.3) is 0 Å². The van der Waals surface area contributed by atoms with Gasteiger partial charge in [-0.15, -0.1) is 0 Å². The van der Waals surface area contributed by atoms with Crippen LogP contribution in [0.1, 0.15) is 22.3 Å². The summed E-state index contributed by atoms with van der Waals surface area (Å²) in [5.41, 5.74) is 1.85. The molecule has 1 heterocycles. The van der Waals surface area contributed by atoms with Crippen LogP contribution in [-0.2, 0) is 6.54 Å². The van der Waals surface area contributed by atoms with Crippen molar-refractivity contribution in [2.75, 3.05) is 27.3 Å². The van der Waals surface area contributed by atoms with E-state index in [-0.39, 0.29) is 11.9 Å². The average molecular weight is 340 g/mol. The van der Waals surface area contributed by atoms with E-state index in [4.69, 9.17) is 9.47 Å². The minimum Gasteiger partial charge on any atom is -0.497 e. The minimum absolute atomic E-state index is 0.0937. The van der Waals surface area contributed by atoms with Crippen LogP contribution in [0.3, 0.4) is 0 Å². The third-order valence-electron chi connectivity index (χ3n) is 4.47. The van der Waals surface area contributed by atoms with Crippen LogP contribution in [-0.4, -0.2) is 44.2 Å². The van der Waals surface area contributed by atoms with Crippen molar-refractivity contribution in [2.45, 2.75) is 19.0 Å². The molecule has 1 saturated heterocycles. The molecule has 1 amide bonds. The molecule has 132 valence electrons. The summed E-state index contributed by atoms with van der Waals surface area (Å²) in [7, 11) is 3.16. The number of amides is 1. The lowest BCUT2D eigenvalue weighted by molar-refractivity contribution is 0.0937. The molecule has 0 aromatic heterocycles. The van der Waals surface area contributed by atoms with Crippen molar-refractivity contribution in [2.24, 2.45) is 0 Å². The fraction of sp³-hybridized carbons (Fsp3) is 0.350. The van der Waals surface area contributed by atoms with Gasteiger partial charge >= 0.3 is 0 Å². The highest BCUT2D eigenvalue weighted by Gasteiger charge is 2.24. The Morgan fingerprint density at radius 2 is 1.80 bits per heavy atom. The quantitative estimate of drug-likeness (QED) is 0.878. The highest BCUT2D eigenvalue weighted by atomic mass is 16.5. The number of ether oxygens (including phenoxy) is 2. The van der Waals surface area contributed by atoms with Gasteiger partial charge in [-0.3, -0.25) is 9.69 Å². The van der Waals surface area contributed by atoms with Crippen LogP contribution in [0.2, 0.25) is 0 Å². The second-order valence-electron chi connectivity index (χ2n) is 6.28. The van der Waals surface area contributed by atoms with Gasteiger partial charge in [-0.25, -0.2) is 0 Å². The van der Waals surface area contributed by atoms with Gasteiger partial charge in [0.05, 0.1) is 14.2 Å². The molecule has 25 heavy (non-hydrogen) atoms. The molecule has 0 saturated carbocycles. The van der Waals surface area contributed by atoms with E-state index in [1.54, 1.807) is 32.4 Å². The molecule has 1 N–H and O–H groups in total. The van der Waals surface area contributed by atoms with Gasteiger partial charge in [0.2, 0.25) is 0 Å². The molecule has 3 rings (SSSR count). The predicted molar refractivity (Wildman–Crippen MR) is 97.1 cm³/mol. The molecule has 2 aromatic rings. The van der Waals surface area contributed by atoms with Crippen LogP contribution >= 0.6 is 0 Å². The standard InChI is InChI=1S/C20H24N2O3/c1-24-18-10-16(11-19(12-18)25-2)20(23)21-17-8-9-22(14-17)13-15-6-4-3-5-7-15/h3-7,10-12,17H,8-9,13-14H2,1-2H3,(H,21,23). The molecule has 1 aliphatic heterocycles. The van der Waals surface area contributed by atoms with Crippen molar-refractivity contribution in [1.82, 2.24) is 10.2 Å². The van der Waals surface area contributed by atoms with Crippen LogP contribution in [0.5, 0.6) is 11.5 Å². The minimum atomic E-state index is -0.0937. The Labute approximate surface area is 148 Å². The van der Waals surface area contributed by atoms with Crippen molar-refractivity contribution in [1.29, 1.82) is 0 Å². The zero-order valence-corrected chi connectivity index (χ0v) is 14.7. The van der Waals surface area contributed by atoms with E-state index in [2.05, 4.69) is 34.5 Å². The number of carbonyl (C=O) groups excluding carboxylic acids is 1. The van der Waals surface area contributed by atoms with E-state index in [0.717, 1.165) is 26.1 Å². The smallest absolute Gasteiger partial charge is 0.251 e. The Kier molecular flexibility index (Phi) is 5.56. The molecule has 5 nitrogen and oxygen atoms in total. The number of hydrogen-bond acceptors (Lipinski definition) is 4. The molecule has 1 fully saturated rings. The third kappa shape index (κ3) is 4.51. The van der Waals surface area contributed by atoms with Gasteiger partial charge in [0.1, 0.15) is 11.5 Å². The predicted octanol–water partition coefficient (Wildman–Crippen LogP) is 2.71. The molecule has 2 aromatic carbocycles. The fourth-order valence-electron chi connectivity index (χ4n) is 3.14. The first-order valence-electron chi connectivity index (χ1n) is 8.48. The lowest BCUT2D eigenvalue weighted by Gasteiger charge is -2.17. The second kappa shape index (κ2) is 8.03.